The molecule has 11 aromatic rings. The molecule has 0 bridgehead atoms. The lowest BCUT2D eigenvalue weighted by molar-refractivity contribution is 0.724. The summed E-state index contributed by atoms with van der Waals surface area (Å²) in [6.45, 7) is 0. The Balaban J connectivity index is 1.21. The van der Waals surface area contributed by atoms with E-state index in [1.807, 2.05) is 11.8 Å². The molecule has 0 saturated carbocycles. The van der Waals surface area contributed by atoms with Crippen molar-refractivity contribution >= 4 is 66.0 Å². The van der Waals surface area contributed by atoms with E-state index in [-0.39, 0.29) is 0 Å². The largest absolute Gasteiger partial charge is 0.276 e. The smallest absolute Gasteiger partial charge is 0.235 e. The molecule has 0 unspecified atom stereocenters. The quantitative estimate of drug-likeness (QED) is 0.177. The van der Waals surface area contributed by atoms with Crippen molar-refractivity contribution in [1.29, 1.82) is 0 Å². The average molecular weight is 742 g/mol. The van der Waals surface area contributed by atoms with Crippen LogP contribution >= 0.6 is 11.8 Å². The van der Waals surface area contributed by atoms with E-state index >= 15 is 0 Å². The van der Waals surface area contributed by atoms with Crippen LogP contribution in [0, 0.1) is 0 Å². The van der Waals surface area contributed by atoms with Crippen LogP contribution in [0.4, 0.5) is 0 Å². The minimum Gasteiger partial charge on any atom is -0.276 e. The number of fused-ring (bicyclic) bond motifs is 17. The molecule has 0 radical (unpaired) electrons. The van der Waals surface area contributed by atoms with Gasteiger partial charge in [-0.3, -0.25) is 4.57 Å². The molecule has 2 aliphatic rings. The van der Waals surface area contributed by atoms with Gasteiger partial charge in [0.1, 0.15) is 0 Å². The summed E-state index contributed by atoms with van der Waals surface area (Å²) in [5, 5.41) is 8.18. The van der Waals surface area contributed by atoms with Crippen LogP contribution in [0.15, 0.2) is 198 Å². The molecule has 1 aliphatic carbocycles. The molecule has 0 N–H and O–H groups in total. The Bertz CT molecular complexity index is 3480. The first-order valence-electron chi connectivity index (χ1n) is 19.5. The molecule has 0 saturated heterocycles. The van der Waals surface area contributed by atoms with E-state index in [1.54, 1.807) is 0 Å². The van der Waals surface area contributed by atoms with E-state index in [1.165, 1.54) is 75.5 Å². The molecule has 264 valence electrons. The van der Waals surface area contributed by atoms with Gasteiger partial charge in [0.25, 0.3) is 0 Å². The average Bonchev–Trinajstić information content (AvgIpc) is 3.78. The maximum atomic E-state index is 5.62. The van der Waals surface area contributed by atoms with Gasteiger partial charge in [-0.15, -0.1) is 0 Å². The summed E-state index contributed by atoms with van der Waals surface area (Å²) in [6, 6.07) is 68.8. The first kappa shape index (κ1) is 31.2. The molecule has 1 spiro atoms. The van der Waals surface area contributed by atoms with Crippen LogP contribution < -0.4 is 0 Å². The lowest BCUT2D eigenvalue weighted by atomic mass is 9.67. The summed E-state index contributed by atoms with van der Waals surface area (Å²) in [5.74, 6) is 0.669. The highest BCUT2D eigenvalue weighted by Crippen LogP contribution is 2.63. The third-order valence-corrected chi connectivity index (χ3v) is 13.6. The Hall–Kier alpha value is -7.01. The summed E-state index contributed by atoms with van der Waals surface area (Å²) >= 11 is 1.88. The third-order valence-electron chi connectivity index (χ3n) is 12.4. The van der Waals surface area contributed by atoms with E-state index in [4.69, 9.17) is 9.97 Å². The Kier molecular flexibility index (Phi) is 6.31. The number of hydrogen-bond donors (Lipinski definition) is 0. The van der Waals surface area contributed by atoms with Gasteiger partial charge in [0.2, 0.25) is 5.95 Å². The Morgan fingerprint density at radius 1 is 0.421 bits per heavy atom. The molecule has 1 aliphatic heterocycles. The van der Waals surface area contributed by atoms with Crippen molar-refractivity contribution in [2.45, 2.75) is 15.2 Å². The number of hydrogen-bond acceptors (Lipinski definition) is 3. The van der Waals surface area contributed by atoms with Crippen LogP contribution in [0.3, 0.4) is 0 Å². The van der Waals surface area contributed by atoms with Crippen molar-refractivity contribution < 1.29 is 0 Å². The highest BCUT2D eigenvalue weighted by Gasteiger charge is 2.50. The predicted molar refractivity (Wildman–Crippen MR) is 236 cm³/mol. The fraction of sp³-hybridized carbons (Fsp3) is 0.0189. The van der Waals surface area contributed by atoms with Crippen molar-refractivity contribution in [3.8, 4) is 28.3 Å². The number of benzene rings is 9. The normalized spacial score (nSPS) is 13.7. The zero-order valence-corrected chi connectivity index (χ0v) is 31.5. The maximum absolute atomic E-state index is 5.62. The second kappa shape index (κ2) is 11.5. The molecule has 2 aromatic heterocycles. The zero-order valence-electron chi connectivity index (χ0n) is 30.6. The monoisotopic (exact) mass is 741 g/mol. The maximum Gasteiger partial charge on any atom is 0.235 e. The van der Waals surface area contributed by atoms with Crippen LogP contribution in [0.1, 0.15) is 22.3 Å². The molecule has 4 heteroatoms. The van der Waals surface area contributed by atoms with Crippen LogP contribution in [-0.4, -0.2) is 14.5 Å². The van der Waals surface area contributed by atoms with Gasteiger partial charge in [0, 0.05) is 36.9 Å². The standard InChI is InChI=1S/C53H31N3S/c1-2-15-34-31-35(26-25-32(34)13-1)48-41-19-7-11-23-46(41)54-52(55-48)56-49-36-16-4-3-14-33(36)27-28-39(49)40-29-30-45-51(50(40)56)57-47-24-12-10-22-44(47)53(45)42-20-8-5-17-37(42)38-18-6-9-21-43(38)53/h1-31H. The lowest BCUT2D eigenvalue weighted by Crippen LogP contribution is -2.32. The number of aromatic nitrogens is 3. The van der Waals surface area contributed by atoms with Crippen molar-refractivity contribution in [2.75, 3.05) is 0 Å². The van der Waals surface area contributed by atoms with Gasteiger partial charge in [0.15, 0.2) is 0 Å². The molecule has 3 heterocycles. The van der Waals surface area contributed by atoms with Gasteiger partial charge in [0.05, 0.1) is 27.7 Å². The van der Waals surface area contributed by atoms with E-state index in [9.17, 15) is 0 Å². The summed E-state index contributed by atoms with van der Waals surface area (Å²) in [5.41, 5.74) is 12.5. The minimum absolute atomic E-state index is 0.498. The van der Waals surface area contributed by atoms with Gasteiger partial charge < -0.3 is 0 Å². The Morgan fingerprint density at radius 3 is 1.86 bits per heavy atom. The number of nitrogens with zero attached hydrogens (tertiary/aromatic N) is 3. The van der Waals surface area contributed by atoms with Gasteiger partial charge in [-0.05, 0) is 67.7 Å². The first-order valence-corrected chi connectivity index (χ1v) is 20.3. The fourth-order valence-electron chi connectivity index (χ4n) is 10.1. The first-order chi connectivity index (χ1) is 28.3. The van der Waals surface area contributed by atoms with Crippen LogP contribution in [-0.2, 0) is 5.41 Å². The second-order valence-corrected chi connectivity index (χ2v) is 16.3. The number of para-hydroxylation sites is 1. The SMILES string of the molecule is c1ccc2c(c1)Sc1c(ccc3c4ccc5ccccc5c4n(-c4nc(-c5ccc6ccccc6c5)c5ccccc5n4)c13)C21c2ccccc2-c2ccccc21. The van der Waals surface area contributed by atoms with Crippen LogP contribution in [0.5, 0.6) is 0 Å². The van der Waals surface area contributed by atoms with Gasteiger partial charge in [-0.1, -0.05) is 182 Å². The molecule has 0 fully saturated rings. The third kappa shape index (κ3) is 4.12. The molecule has 0 atom stereocenters. The predicted octanol–water partition coefficient (Wildman–Crippen LogP) is 13.5. The molecular formula is C53H31N3S. The Labute approximate surface area is 332 Å². The van der Waals surface area contributed by atoms with Gasteiger partial charge >= 0.3 is 0 Å². The minimum atomic E-state index is -0.498. The summed E-state index contributed by atoms with van der Waals surface area (Å²) in [4.78, 5) is 13.6. The highest BCUT2D eigenvalue weighted by atomic mass is 32.2. The topological polar surface area (TPSA) is 30.7 Å². The Morgan fingerprint density at radius 2 is 1.04 bits per heavy atom. The van der Waals surface area contributed by atoms with Gasteiger partial charge in [-0.2, -0.15) is 0 Å². The van der Waals surface area contributed by atoms with E-state index < -0.39 is 5.41 Å². The zero-order chi connectivity index (χ0) is 37.2. The lowest BCUT2D eigenvalue weighted by Gasteiger charge is -2.40. The van der Waals surface area contributed by atoms with Crippen LogP contribution in [0.2, 0.25) is 0 Å². The summed E-state index contributed by atoms with van der Waals surface area (Å²) < 4.78 is 2.39. The second-order valence-electron chi connectivity index (χ2n) is 15.2. The molecule has 57 heavy (non-hydrogen) atoms. The summed E-state index contributed by atoms with van der Waals surface area (Å²) in [7, 11) is 0. The fourth-order valence-corrected chi connectivity index (χ4v) is 11.4. The van der Waals surface area contributed by atoms with Crippen molar-refractivity contribution in [3.05, 3.63) is 210 Å². The van der Waals surface area contributed by atoms with Crippen molar-refractivity contribution in [3.63, 3.8) is 0 Å². The number of rotatable bonds is 2. The molecule has 0 amide bonds. The summed E-state index contributed by atoms with van der Waals surface area (Å²) in [6.07, 6.45) is 0. The molecular weight excluding hydrogens is 711 g/mol. The van der Waals surface area contributed by atoms with Crippen molar-refractivity contribution in [2.24, 2.45) is 0 Å². The highest BCUT2D eigenvalue weighted by molar-refractivity contribution is 7.99. The van der Waals surface area contributed by atoms with E-state index in [0.717, 1.165) is 33.2 Å². The van der Waals surface area contributed by atoms with E-state index in [2.05, 4.69) is 193 Å². The van der Waals surface area contributed by atoms with Crippen molar-refractivity contribution in [1.82, 2.24) is 14.5 Å². The van der Waals surface area contributed by atoms with Gasteiger partial charge in [-0.25, -0.2) is 9.97 Å². The molecule has 3 nitrogen and oxygen atoms in total. The molecule has 9 aromatic carbocycles. The molecule has 13 rings (SSSR count). The van der Waals surface area contributed by atoms with Crippen LogP contribution in [0.25, 0.3) is 82.6 Å². The van der Waals surface area contributed by atoms with E-state index in [0.29, 0.717) is 5.95 Å².